The van der Waals surface area contributed by atoms with Crippen LogP contribution in [0.5, 0.6) is 5.75 Å². The summed E-state index contributed by atoms with van der Waals surface area (Å²) in [5.41, 5.74) is 0.726. The van der Waals surface area contributed by atoms with Crippen molar-refractivity contribution in [1.82, 2.24) is 5.32 Å². The van der Waals surface area contributed by atoms with Crippen LogP contribution in [0.25, 0.3) is 0 Å². The molecular formula is C16H25NO3. The van der Waals surface area contributed by atoms with Gasteiger partial charge in [0.05, 0.1) is 6.10 Å². The highest BCUT2D eigenvalue weighted by molar-refractivity contribution is 5.77. The predicted octanol–water partition coefficient (Wildman–Crippen LogP) is 2.81. The summed E-state index contributed by atoms with van der Waals surface area (Å²) in [6, 6.07) is 7.44. The van der Waals surface area contributed by atoms with Crippen LogP contribution in [0.2, 0.25) is 0 Å². The summed E-state index contributed by atoms with van der Waals surface area (Å²) < 4.78 is 5.53. The molecule has 0 bridgehead atoms. The monoisotopic (exact) mass is 279 g/mol. The van der Waals surface area contributed by atoms with Gasteiger partial charge in [0.25, 0.3) is 5.91 Å². The highest BCUT2D eigenvalue weighted by atomic mass is 16.5. The molecule has 4 nitrogen and oxygen atoms in total. The molecule has 1 rings (SSSR count). The molecule has 0 heterocycles. The van der Waals surface area contributed by atoms with E-state index in [2.05, 4.69) is 12.2 Å². The van der Waals surface area contributed by atoms with Gasteiger partial charge in [0, 0.05) is 11.6 Å². The van der Waals surface area contributed by atoms with E-state index < -0.39 is 6.10 Å². The van der Waals surface area contributed by atoms with Crippen LogP contribution in [0.3, 0.4) is 0 Å². The summed E-state index contributed by atoms with van der Waals surface area (Å²) in [6.45, 7) is 5.94. The second kappa shape index (κ2) is 8.59. The van der Waals surface area contributed by atoms with Crippen LogP contribution in [0.4, 0.5) is 0 Å². The van der Waals surface area contributed by atoms with Crippen molar-refractivity contribution in [2.45, 2.75) is 52.2 Å². The summed E-state index contributed by atoms with van der Waals surface area (Å²) >= 11 is 0. The Labute approximate surface area is 121 Å². The minimum Gasteiger partial charge on any atom is -0.483 e. The second-order valence-corrected chi connectivity index (χ2v) is 5.01. The van der Waals surface area contributed by atoms with E-state index in [1.807, 2.05) is 32.0 Å². The molecule has 1 aromatic rings. The molecule has 0 saturated carbocycles. The highest BCUT2D eigenvalue weighted by Crippen LogP contribution is 2.26. The Hall–Kier alpha value is -1.55. The zero-order valence-electron chi connectivity index (χ0n) is 12.6. The van der Waals surface area contributed by atoms with Gasteiger partial charge in [-0.1, -0.05) is 38.5 Å². The number of hydrogen-bond acceptors (Lipinski definition) is 3. The van der Waals surface area contributed by atoms with Gasteiger partial charge in [0.1, 0.15) is 5.75 Å². The molecule has 0 aliphatic heterocycles. The van der Waals surface area contributed by atoms with Crippen LogP contribution in [-0.4, -0.2) is 23.7 Å². The number of aliphatic hydroxyl groups excluding tert-OH is 1. The third kappa shape index (κ3) is 5.21. The van der Waals surface area contributed by atoms with E-state index in [-0.39, 0.29) is 18.6 Å². The zero-order valence-corrected chi connectivity index (χ0v) is 12.6. The van der Waals surface area contributed by atoms with Crippen molar-refractivity contribution >= 4 is 5.91 Å². The van der Waals surface area contributed by atoms with Crippen molar-refractivity contribution in [3.63, 3.8) is 0 Å². The zero-order chi connectivity index (χ0) is 15.0. The molecule has 0 aliphatic rings. The molecule has 0 spiro atoms. The number of rotatable bonds is 8. The number of hydrogen-bond donors (Lipinski definition) is 2. The lowest BCUT2D eigenvalue weighted by Crippen LogP contribution is -2.36. The summed E-state index contributed by atoms with van der Waals surface area (Å²) in [5, 5.41) is 12.8. The van der Waals surface area contributed by atoms with Crippen LogP contribution in [0.1, 0.15) is 51.7 Å². The molecule has 20 heavy (non-hydrogen) atoms. The molecular weight excluding hydrogens is 254 g/mol. The van der Waals surface area contributed by atoms with E-state index in [0.717, 1.165) is 18.4 Å². The maximum Gasteiger partial charge on any atom is 0.258 e. The van der Waals surface area contributed by atoms with Crippen molar-refractivity contribution in [3.8, 4) is 5.75 Å². The first-order chi connectivity index (χ1) is 9.58. The standard InChI is InChI=1S/C16H25NO3/c1-4-8-12(3)17-16(19)11-20-15-10-7-6-9-13(15)14(18)5-2/h6-7,9-10,12,14,18H,4-5,8,11H2,1-3H3,(H,17,19)/t12?,14-/m0/s1. The highest BCUT2D eigenvalue weighted by Gasteiger charge is 2.13. The molecule has 1 amide bonds. The third-order valence-electron chi connectivity index (χ3n) is 3.15. The largest absolute Gasteiger partial charge is 0.483 e. The lowest BCUT2D eigenvalue weighted by Gasteiger charge is -2.16. The van der Waals surface area contributed by atoms with Crippen molar-refractivity contribution < 1.29 is 14.6 Å². The molecule has 0 radical (unpaired) electrons. The average Bonchev–Trinajstić information content (AvgIpc) is 2.44. The lowest BCUT2D eigenvalue weighted by molar-refractivity contribution is -0.123. The first-order valence-corrected chi connectivity index (χ1v) is 7.27. The number of para-hydroxylation sites is 1. The normalized spacial score (nSPS) is 13.6. The Morgan fingerprint density at radius 2 is 2.05 bits per heavy atom. The maximum atomic E-state index is 11.8. The van der Waals surface area contributed by atoms with Crippen LogP contribution in [0, 0.1) is 0 Å². The molecule has 1 aromatic carbocycles. The smallest absolute Gasteiger partial charge is 0.258 e. The Balaban J connectivity index is 2.55. The fraction of sp³-hybridized carbons (Fsp3) is 0.562. The van der Waals surface area contributed by atoms with Gasteiger partial charge in [-0.3, -0.25) is 4.79 Å². The maximum absolute atomic E-state index is 11.8. The van der Waals surface area contributed by atoms with Crippen molar-refractivity contribution in [2.75, 3.05) is 6.61 Å². The average molecular weight is 279 g/mol. The first-order valence-electron chi connectivity index (χ1n) is 7.27. The van der Waals surface area contributed by atoms with Crippen molar-refractivity contribution in [2.24, 2.45) is 0 Å². The van der Waals surface area contributed by atoms with Gasteiger partial charge >= 0.3 is 0 Å². The Morgan fingerprint density at radius 1 is 1.35 bits per heavy atom. The van der Waals surface area contributed by atoms with E-state index in [0.29, 0.717) is 12.2 Å². The molecule has 4 heteroatoms. The number of ether oxygens (including phenoxy) is 1. The second-order valence-electron chi connectivity index (χ2n) is 5.01. The van der Waals surface area contributed by atoms with Crippen LogP contribution < -0.4 is 10.1 Å². The topological polar surface area (TPSA) is 58.6 Å². The van der Waals surface area contributed by atoms with Crippen LogP contribution in [0.15, 0.2) is 24.3 Å². The summed E-state index contributed by atoms with van der Waals surface area (Å²) in [6.07, 6.45) is 2.04. The molecule has 1 unspecified atom stereocenters. The SMILES string of the molecule is CCCC(C)NC(=O)COc1ccccc1[C@@H](O)CC. The van der Waals surface area contributed by atoms with Crippen LogP contribution in [-0.2, 0) is 4.79 Å². The minimum atomic E-state index is -0.562. The molecule has 112 valence electrons. The fourth-order valence-electron chi connectivity index (χ4n) is 2.07. The van der Waals surface area contributed by atoms with E-state index in [9.17, 15) is 9.90 Å². The molecule has 2 N–H and O–H groups in total. The number of nitrogens with one attached hydrogen (secondary N) is 1. The third-order valence-corrected chi connectivity index (χ3v) is 3.15. The van der Waals surface area contributed by atoms with Crippen molar-refractivity contribution in [1.29, 1.82) is 0 Å². The van der Waals surface area contributed by atoms with Crippen molar-refractivity contribution in [3.05, 3.63) is 29.8 Å². The summed E-state index contributed by atoms with van der Waals surface area (Å²) in [7, 11) is 0. The van der Waals surface area contributed by atoms with Gasteiger partial charge in [-0.25, -0.2) is 0 Å². The molecule has 0 saturated heterocycles. The molecule has 0 aromatic heterocycles. The summed E-state index contributed by atoms with van der Waals surface area (Å²) in [4.78, 5) is 11.8. The Kier molecular flexibility index (Phi) is 7.09. The first kappa shape index (κ1) is 16.5. The lowest BCUT2D eigenvalue weighted by atomic mass is 10.1. The van der Waals surface area contributed by atoms with Crippen LogP contribution >= 0.6 is 0 Å². The quantitative estimate of drug-likeness (QED) is 0.769. The molecule has 0 fully saturated rings. The molecule has 2 atom stereocenters. The van der Waals surface area contributed by atoms with Gasteiger partial charge < -0.3 is 15.2 Å². The van der Waals surface area contributed by atoms with Gasteiger partial charge in [-0.05, 0) is 25.8 Å². The number of carbonyl (C=O) groups excluding carboxylic acids is 1. The number of amides is 1. The summed E-state index contributed by atoms with van der Waals surface area (Å²) in [5.74, 6) is 0.437. The van der Waals surface area contributed by atoms with Gasteiger partial charge in [-0.2, -0.15) is 0 Å². The van der Waals surface area contributed by atoms with E-state index in [4.69, 9.17) is 4.74 Å². The van der Waals surface area contributed by atoms with E-state index >= 15 is 0 Å². The Bertz CT molecular complexity index is 420. The van der Waals surface area contributed by atoms with Gasteiger partial charge in [-0.15, -0.1) is 0 Å². The van der Waals surface area contributed by atoms with E-state index in [1.165, 1.54) is 0 Å². The molecule has 0 aliphatic carbocycles. The predicted molar refractivity (Wildman–Crippen MR) is 79.7 cm³/mol. The Morgan fingerprint density at radius 3 is 2.70 bits per heavy atom. The number of benzene rings is 1. The fourth-order valence-corrected chi connectivity index (χ4v) is 2.07. The van der Waals surface area contributed by atoms with E-state index in [1.54, 1.807) is 6.07 Å². The van der Waals surface area contributed by atoms with Gasteiger partial charge in [0.2, 0.25) is 0 Å². The minimum absolute atomic E-state index is 0.0263. The number of aliphatic hydroxyl groups is 1. The number of carbonyl (C=O) groups is 1. The van der Waals surface area contributed by atoms with Gasteiger partial charge in [0.15, 0.2) is 6.61 Å².